The summed E-state index contributed by atoms with van der Waals surface area (Å²) in [4.78, 5) is 0. The summed E-state index contributed by atoms with van der Waals surface area (Å²) in [6.45, 7) is 12.8. The van der Waals surface area contributed by atoms with Gasteiger partial charge < -0.3 is 5.32 Å². The van der Waals surface area contributed by atoms with Gasteiger partial charge in [-0.15, -0.1) is 0 Å². The topological polar surface area (TPSA) is 12.0 Å². The van der Waals surface area contributed by atoms with Gasteiger partial charge in [-0.25, -0.2) is 0 Å². The summed E-state index contributed by atoms with van der Waals surface area (Å²) in [6.07, 6.45) is 6.04. The molecule has 14 heavy (non-hydrogen) atoms. The summed E-state index contributed by atoms with van der Waals surface area (Å²) in [6, 6.07) is 0.610. The third-order valence-electron chi connectivity index (χ3n) is 2.82. The molecule has 1 N–H and O–H groups in total. The van der Waals surface area contributed by atoms with Crippen molar-refractivity contribution in [2.24, 2.45) is 5.41 Å². The maximum Gasteiger partial charge on any atom is 0.0295 e. The first-order chi connectivity index (χ1) is 6.39. The van der Waals surface area contributed by atoms with E-state index >= 15 is 0 Å². The van der Waals surface area contributed by atoms with Gasteiger partial charge in [-0.1, -0.05) is 39.0 Å². The van der Waals surface area contributed by atoms with E-state index in [1.54, 1.807) is 5.57 Å². The number of rotatable bonds is 2. The molecule has 0 fully saturated rings. The average molecular weight is 193 g/mol. The first kappa shape index (κ1) is 11.4. The second-order valence-electron chi connectivity index (χ2n) is 5.38. The summed E-state index contributed by atoms with van der Waals surface area (Å²) in [7, 11) is 0. The molecule has 0 saturated carbocycles. The van der Waals surface area contributed by atoms with Crippen LogP contribution in [0.2, 0.25) is 0 Å². The summed E-state index contributed by atoms with van der Waals surface area (Å²) >= 11 is 0. The Bertz CT molecular complexity index is 242. The molecule has 1 aliphatic rings. The molecule has 0 spiro atoms. The third-order valence-corrected chi connectivity index (χ3v) is 2.82. The van der Waals surface area contributed by atoms with Crippen LogP contribution < -0.4 is 5.32 Å². The fourth-order valence-electron chi connectivity index (χ4n) is 1.99. The molecule has 1 aliphatic carbocycles. The van der Waals surface area contributed by atoms with E-state index in [9.17, 15) is 0 Å². The molecule has 1 rings (SSSR count). The molecule has 0 radical (unpaired) electrons. The molecule has 1 nitrogen and oxygen atoms in total. The van der Waals surface area contributed by atoms with Crippen LogP contribution in [0.3, 0.4) is 0 Å². The largest absolute Gasteiger partial charge is 0.386 e. The van der Waals surface area contributed by atoms with Crippen LogP contribution in [0.1, 0.15) is 47.0 Å². The lowest BCUT2D eigenvalue weighted by atomic mass is 9.79. The molecule has 1 atom stereocenters. The predicted octanol–water partition coefficient (Wildman–Crippen LogP) is 3.63. The number of hydrogen-bond acceptors (Lipinski definition) is 1. The van der Waals surface area contributed by atoms with Gasteiger partial charge in [0.2, 0.25) is 0 Å². The molecule has 0 heterocycles. The minimum absolute atomic E-state index is 0.355. The molecule has 1 heteroatoms. The van der Waals surface area contributed by atoms with Crippen LogP contribution in [0.25, 0.3) is 0 Å². The van der Waals surface area contributed by atoms with Gasteiger partial charge in [0.05, 0.1) is 0 Å². The summed E-state index contributed by atoms with van der Waals surface area (Å²) in [5.74, 6) is 0. The second kappa shape index (κ2) is 4.20. The van der Waals surface area contributed by atoms with Gasteiger partial charge in [0.15, 0.2) is 0 Å². The van der Waals surface area contributed by atoms with Crippen molar-refractivity contribution in [1.82, 2.24) is 5.32 Å². The Hall–Kier alpha value is -0.720. The Kier molecular flexibility index (Phi) is 3.41. The van der Waals surface area contributed by atoms with Crippen molar-refractivity contribution < 1.29 is 0 Å². The van der Waals surface area contributed by atoms with E-state index in [1.165, 1.54) is 12.8 Å². The zero-order valence-corrected chi connectivity index (χ0v) is 9.98. The Morgan fingerprint density at radius 3 is 2.50 bits per heavy atom. The van der Waals surface area contributed by atoms with Crippen LogP contribution >= 0.6 is 0 Å². The molecule has 0 amide bonds. The van der Waals surface area contributed by atoms with Gasteiger partial charge in [-0.2, -0.15) is 0 Å². The van der Waals surface area contributed by atoms with Crippen LogP contribution in [0.4, 0.5) is 0 Å². The number of allylic oxidation sites excluding steroid dienone is 2. The highest BCUT2D eigenvalue weighted by Crippen LogP contribution is 2.33. The predicted molar refractivity (Wildman–Crippen MR) is 63.1 cm³/mol. The minimum Gasteiger partial charge on any atom is -0.386 e. The van der Waals surface area contributed by atoms with Gasteiger partial charge >= 0.3 is 0 Å². The van der Waals surface area contributed by atoms with E-state index in [0.717, 1.165) is 12.1 Å². The van der Waals surface area contributed by atoms with E-state index in [-0.39, 0.29) is 0 Å². The van der Waals surface area contributed by atoms with Crippen molar-refractivity contribution in [2.75, 3.05) is 0 Å². The molecule has 0 aliphatic heterocycles. The molecule has 0 aromatic rings. The Morgan fingerprint density at radius 2 is 2.14 bits per heavy atom. The van der Waals surface area contributed by atoms with Crippen LogP contribution in [0.15, 0.2) is 23.9 Å². The maximum atomic E-state index is 3.89. The van der Waals surface area contributed by atoms with E-state index in [0.29, 0.717) is 11.5 Å². The highest BCUT2D eigenvalue weighted by Gasteiger charge is 2.21. The van der Waals surface area contributed by atoms with Crippen molar-refractivity contribution in [3.8, 4) is 0 Å². The summed E-state index contributed by atoms with van der Waals surface area (Å²) in [5.41, 5.74) is 3.05. The van der Waals surface area contributed by atoms with Crippen molar-refractivity contribution in [2.45, 2.75) is 53.0 Å². The van der Waals surface area contributed by atoms with Crippen molar-refractivity contribution in [3.63, 3.8) is 0 Å². The quantitative estimate of drug-likeness (QED) is 0.660. The fraction of sp³-hybridized carbons (Fsp3) is 0.692. The average Bonchev–Trinajstić information content (AvgIpc) is 2.02. The SMILES string of the molecule is C=C(C)N[C@@H]1CC=C(C(C)(C)C)CC1. The standard InChI is InChI=1S/C13H23N/c1-10(2)14-12-8-6-11(7-9-12)13(3,4)5/h6,12,14H,1,7-9H2,2-5H3/t12-/m1/s1. The monoisotopic (exact) mass is 193 g/mol. The van der Waals surface area contributed by atoms with E-state index < -0.39 is 0 Å². The lowest BCUT2D eigenvalue weighted by Gasteiger charge is -2.30. The Balaban J connectivity index is 2.51. The lowest BCUT2D eigenvalue weighted by molar-refractivity contribution is 0.425. The second-order valence-corrected chi connectivity index (χ2v) is 5.38. The van der Waals surface area contributed by atoms with Gasteiger partial charge in [0.1, 0.15) is 0 Å². The van der Waals surface area contributed by atoms with Crippen LogP contribution in [0.5, 0.6) is 0 Å². The van der Waals surface area contributed by atoms with Crippen molar-refractivity contribution in [3.05, 3.63) is 23.9 Å². The Labute approximate surface area is 88.3 Å². The maximum absolute atomic E-state index is 3.89. The normalized spacial score (nSPS) is 22.9. The first-order valence-corrected chi connectivity index (χ1v) is 5.51. The zero-order valence-electron chi connectivity index (χ0n) is 9.98. The van der Waals surface area contributed by atoms with Gasteiger partial charge in [0.25, 0.3) is 0 Å². The molecule has 0 aromatic carbocycles. The molecule has 0 saturated heterocycles. The van der Waals surface area contributed by atoms with Crippen LogP contribution in [-0.2, 0) is 0 Å². The minimum atomic E-state index is 0.355. The zero-order chi connectivity index (χ0) is 10.8. The van der Waals surface area contributed by atoms with E-state index in [2.05, 4.69) is 38.7 Å². The van der Waals surface area contributed by atoms with E-state index in [4.69, 9.17) is 0 Å². The summed E-state index contributed by atoms with van der Waals surface area (Å²) in [5, 5.41) is 3.41. The highest BCUT2D eigenvalue weighted by atomic mass is 14.9. The summed E-state index contributed by atoms with van der Waals surface area (Å²) < 4.78 is 0. The molecule has 0 aromatic heterocycles. The molecule has 0 unspecified atom stereocenters. The first-order valence-electron chi connectivity index (χ1n) is 5.51. The number of nitrogens with one attached hydrogen (secondary N) is 1. The molecule has 80 valence electrons. The molecule has 0 bridgehead atoms. The number of hydrogen-bond donors (Lipinski definition) is 1. The molecular weight excluding hydrogens is 170 g/mol. The fourth-order valence-corrected chi connectivity index (χ4v) is 1.99. The van der Waals surface area contributed by atoms with Gasteiger partial charge in [-0.05, 0) is 31.6 Å². The van der Waals surface area contributed by atoms with Gasteiger partial charge in [-0.3, -0.25) is 0 Å². The van der Waals surface area contributed by atoms with Crippen molar-refractivity contribution in [1.29, 1.82) is 0 Å². The van der Waals surface area contributed by atoms with Gasteiger partial charge in [0, 0.05) is 11.7 Å². The van der Waals surface area contributed by atoms with Crippen LogP contribution in [-0.4, -0.2) is 6.04 Å². The Morgan fingerprint density at radius 1 is 1.50 bits per heavy atom. The third kappa shape index (κ3) is 3.21. The van der Waals surface area contributed by atoms with Crippen LogP contribution in [0, 0.1) is 5.41 Å². The van der Waals surface area contributed by atoms with E-state index in [1.807, 2.05) is 6.92 Å². The molecular formula is C13H23N. The highest BCUT2D eigenvalue weighted by molar-refractivity contribution is 5.15. The van der Waals surface area contributed by atoms with Crippen molar-refractivity contribution >= 4 is 0 Å². The smallest absolute Gasteiger partial charge is 0.0295 e. The lowest BCUT2D eigenvalue weighted by Crippen LogP contribution is -2.30.